The maximum atomic E-state index is 11.9. The van der Waals surface area contributed by atoms with Crippen LogP contribution in [0.4, 0.5) is 5.69 Å². The summed E-state index contributed by atoms with van der Waals surface area (Å²) in [7, 11) is 1.53. The van der Waals surface area contributed by atoms with Crippen molar-refractivity contribution in [3.8, 4) is 16.2 Å². The Hall–Kier alpha value is -1.84. The Labute approximate surface area is 179 Å². The highest BCUT2D eigenvalue weighted by atomic mass is 35.5. The third kappa shape index (κ3) is 4.76. The van der Waals surface area contributed by atoms with E-state index in [0.717, 1.165) is 16.1 Å². The van der Waals surface area contributed by atoms with Crippen molar-refractivity contribution < 1.29 is 19.2 Å². The van der Waals surface area contributed by atoms with Crippen molar-refractivity contribution >= 4 is 57.7 Å². The van der Waals surface area contributed by atoms with E-state index in [9.17, 15) is 14.5 Å². The number of anilines is 1. The Morgan fingerprint density at radius 1 is 1.25 bits per heavy atom. The van der Waals surface area contributed by atoms with Crippen molar-refractivity contribution in [2.24, 2.45) is 0 Å². The number of hydrogen-bond acceptors (Lipinski definition) is 6. The Morgan fingerprint density at radius 3 is 2.64 bits per heavy atom. The highest BCUT2D eigenvalue weighted by molar-refractivity contribution is 8.00. The van der Waals surface area contributed by atoms with Crippen molar-refractivity contribution in [2.75, 3.05) is 18.1 Å². The molecule has 1 atom stereocenters. The zero-order valence-electron chi connectivity index (χ0n) is 14.9. The average molecular weight is 454 g/mol. The summed E-state index contributed by atoms with van der Waals surface area (Å²) in [6.45, 7) is 0. The molecule has 0 saturated carbocycles. The summed E-state index contributed by atoms with van der Waals surface area (Å²) in [6.07, 6.45) is 1.62. The number of methoxy groups -OCH3 is 1. The first-order chi connectivity index (χ1) is 13.4. The normalized spacial score (nSPS) is 11.9. The molecule has 3 rings (SSSR count). The van der Waals surface area contributed by atoms with Gasteiger partial charge in [0.25, 0.3) is 0 Å². The van der Waals surface area contributed by atoms with Crippen molar-refractivity contribution in [1.82, 2.24) is 0 Å². The first-order valence-electron chi connectivity index (χ1n) is 7.96. The highest BCUT2D eigenvalue weighted by Gasteiger charge is 2.15. The number of carboxylic acids is 1. The molecule has 146 valence electrons. The number of aromatic carboxylic acids is 1. The van der Waals surface area contributed by atoms with Crippen LogP contribution in [0.25, 0.3) is 10.4 Å². The Kier molecular flexibility index (Phi) is 6.79. The lowest BCUT2D eigenvalue weighted by atomic mass is 10.1. The van der Waals surface area contributed by atoms with Crippen molar-refractivity contribution in [1.29, 1.82) is 0 Å². The molecule has 1 heterocycles. The van der Waals surface area contributed by atoms with Gasteiger partial charge in [0, 0.05) is 16.5 Å². The van der Waals surface area contributed by atoms with Gasteiger partial charge in [-0.3, -0.25) is 0 Å². The molecule has 0 bridgehead atoms. The molecular weight excluding hydrogens is 438 g/mol. The number of carboxylic acid groups (broad SMARTS) is 1. The fraction of sp³-hybridized carbons (Fsp3) is 0.105. The molecule has 2 N–H and O–H groups in total. The molecule has 0 amide bonds. The zero-order valence-corrected chi connectivity index (χ0v) is 18.1. The smallest absolute Gasteiger partial charge is 0.335 e. The quantitative estimate of drug-likeness (QED) is 0.356. The van der Waals surface area contributed by atoms with Gasteiger partial charge in [0.1, 0.15) is 12.0 Å². The van der Waals surface area contributed by atoms with Crippen LogP contribution in [0.3, 0.4) is 0 Å². The van der Waals surface area contributed by atoms with E-state index in [-0.39, 0.29) is 5.56 Å². The van der Waals surface area contributed by atoms with Gasteiger partial charge in [0.15, 0.2) is 4.90 Å². The minimum atomic E-state index is -1.14. The van der Waals surface area contributed by atoms with Crippen LogP contribution >= 0.6 is 34.9 Å². The van der Waals surface area contributed by atoms with E-state index in [2.05, 4.69) is 4.72 Å². The third-order valence-electron chi connectivity index (χ3n) is 3.84. The fourth-order valence-corrected chi connectivity index (χ4v) is 4.91. The molecule has 9 heteroatoms. The van der Waals surface area contributed by atoms with E-state index in [1.165, 1.54) is 36.5 Å². The van der Waals surface area contributed by atoms with Gasteiger partial charge in [-0.25, -0.2) is 4.79 Å². The van der Waals surface area contributed by atoms with Crippen molar-refractivity contribution in [3.05, 3.63) is 58.4 Å². The molecule has 2 aromatic carbocycles. The minimum Gasteiger partial charge on any atom is -0.612 e. The zero-order chi connectivity index (χ0) is 20.3. The van der Waals surface area contributed by atoms with Gasteiger partial charge in [0.2, 0.25) is 0 Å². The maximum absolute atomic E-state index is 11.9. The number of thiophene rings is 1. The fourth-order valence-electron chi connectivity index (χ4n) is 2.46. The SMILES string of the molecule is COc1ccc(C(=O)O)cc1SNc1cc([S+](C)[O-])ccc1-c1ccc(Cl)s1. The minimum absolute atomic E-state index is 0.166. The summed E-state index contributed by atoms with van der Waals surface area (Å²) >= 11 is 7.61. The summed E-state index contributed by atoms with van der Waals surface area (Å²) in [5.74, 6) is -0.458. The van der Waals surface area contributed by atoms with Gasteiger partial charge < -0.3 is 19.1 Å². The lowest BCUT2D eigenvalue weighted by molar-refractivity contribution is 0.0696. The van der Waals surface area contributed by atoms with Gasteiger partial charge >= 0.3 is 5.97 Å². The molecule has 0 radical (unpaired) electrons. The van der Waals surface area contributed by atoms with Gasteiger partial charge in [-0.2, -0.15) is 0 Å². The van der Waals surface area contributed by atoms with Crippen LogP contribution in [0.15, 0.2) is 58.3 Å². The number of rotatable bonds is 7. The first kappa shape index (κ1) is 20.9. The van der Waals surface area contributed by atoms with Gasteiger partial charge in [0.05, 0.1) is 27.6 Å². The van der Waals surface area contributed by atoms with E-state index in [1.54, 1.807) is 18.4 Å². The largest absolute Gasteiger partial charge is 0.612 e. The molecule has 0 saturated heterocycles. The van der Waals surface area contributed by atoms with Crippen LogP contribution in [-0.4, -0.2) is 29.0 Å². The highest BCUT2D eigenvalue weighted by Crippen LogP contribution is 2.39. The summed E-state index contributed by atoms with van der Waals surface area (Å²) in [4.78, 5) is 13.5. The number of nitrogens with one attached hydrogen (secondary N) is 1. The number of halogens is 1. The van der Waals surface area contributed by atoms with Crippen molar-refractivity contribution in [2.45, 2.75) is 9.79 Å². The molecule has 1 aromatic heterocycles. The molecule has 0 aliphatic rings. The lowest BCUT2D eigenvalue weighted by Gasteiger charge is -2.14. The third-order valence-corrected chi connectivity index (χ3v) is 6.89. The number of ether oxygens (including phenoxy) is 1. The summed E-state index contributed by atoms with van der Waals surface area (Å²) in [5, 5.41) is 9.24. The molecule has 28 heavy (non-hydrogen) atoms. The summed E-state index contributed by atoms with van der Waals surface area (Å²) < 4.78 is 21.2. The van der Waals surface area contributed by atoms with E-state index in [4.69, 9.17) is 16.3 Å². The number of hydrogen-bond donors (Lipinski definition) is 2. The van der Waals surface area contributed by atoms with Crippen LogP contribution < -0.4 is 9.46 Å². The molecule has 0 aliphatic heterocycles. The molecule has 0 aliphatic carbocycles. The van der Waals surface area contributed by atoms with Crippen LogP contribution in [0, 0.1) is 0 Å². The van der Waals surface area contributed by atoms with Crippen LogP contribution in [0.2, 0.25) is 4.34 Å². The number of carbonyl (C=O) groups is 1. The van der Waals surface area contributed by atoms with Crippen LogP contribution in [0.5, 0.6) is 5.75 Å². The number of benzene rings is 2. The van der Waals surface area contributed by atoms with Gasteiger partial charge in [-0.05, 0) is 65.6 Å². The average Bonchev–Trinajstić information content (AvgIpc) is 3.11. The van der Waals surface area contributed by atoms with E-state index in [0.29, 0.717) is 19.9 Å². The van der Waals surface area contributed by atoms with E-state index >= 15 is 0 Å². The summed E-state index contributed by atoms with van der Waals surface area (Å²) in [6, 6.07) is 13.9. The van der Waals surface area contributed by atoms with Gasteiger partial charge in [-0.1, -0.05) is 11.6 Å². The molecular formula is C19H16ClNO4S3. The van der Waals surface area contributed by atoms with E-state index in [1.807, 2.05) is 30.3 Å². The molecule has 0 fully saturated rings. The topological polar surface area (TPSA) is 81.6 Å². The summed E-state index contributed by atoms with van der Waals surface area (Å²) in [5.41, 5.74) is 1.82. The van der Waals surface area contributed by atoms with E-state index < -0.39 is 17.1 Å². The van der Waals surface area contributed by atoms with Crippen molar-refractivity contribution in [3.63, 3.8) is 0 Å². The second-order valence-corrected chi connectivity index (χ2v) is 9.58. The predicted molar refractivity (Wildman–Crippen MR) is 117 cm³/mol. The maximum Gasteiger partial charge on any atom is 0.335 e. The molecule has 0 spiro atoms. The molecule has 5 nitrogen and oxygen atoms in total. The monoisotopic (exact) mass is 453 g/mol. The Bertz CT molecular complexity index is 1010. The molecule has 1 unspecified atom stereocenters. The van der Waals surface area contributed by atoms with Crippen LogP contribution in [0.1, 0.15) is 10.4 Å². The van der Waals surface area contributed by atoms with Gasteiger partial charge in [-0.15, -0.1) is 11.3 Å². The van der Waals surface area contributed by atoms with Crippen LogP contribution in [-0.2, 0) is 11.2 Å². The first-order valence-corrected chi connectivity index (χ1v) is 11.5. The second-order valence-electron chi connectivity index (χ2n) is 5.64. The molecule has 3 aromatic rings. The Morgan fingerprint density at radius 2 is 2.04 bits per heavy atom. The standard InChI is InChI=1S/C19H16ClNO4S3/c1-25-15-6-3-11(19(22)23)9-17(15)27-21-14-10-12(28(2)24)4-5-13(14)16-7-8-18(20)26-16/h3-10,21H,1-2H3,(H,22,23). The lowest BCUT2D eigenvalue weighted by Crippen LogP contribution is -2.00. The second kappa shape index (κ2) is 9.11. The Balaban J connectivity index is 1.96. The predicted octanol–water partition coefficient (Wildman–Crippen LogP) is 5.63.